The fraction of sp³-hybridized carbons (Fsp3) is 0.357. The van der Waals surface area contributed by atoms with Crippen molar-refractivity contribution in [3.05, 3.63) is 60.9 Å². The number of hydrogen-bond donors (Lipinski definition) is 2. The third kappa shape index (κ3) is 5.27. The maximum atomic E-state index is 14.7. The molecule has 2 atom stereocenters. The van der Waals surface area contributed by atoms with Crippen LogP contribution in [0, 0.1) is 5.82 Å². The van der Waals surface area contributed by atoms with Crippen LogP contribution < -0.4 is 20.7 Å². The second-order valence-corrected chi connectivity index (χ2v) is 9.87. The van der Waals surface area contributed by atoms with Crippen LogP contribution in [-0.2, 0) is 4.74 Å². The zero-order valence-corrected chi connectivity index (χ0v) is 21.8. The first-order valence-electron chi connectivity index (χ1n) is 13.1. The van der Waals surface area contributed by atoms with Gasteiger partial charge in [-0.25, -0.2) is 19.3 Å². The Bertz CT molecular complexity index is 1460. The second kappa shape index (κ2) is 11.0. The molecule has 10 nitrogen and oxygen atoms in total. The molecule has 2 aliphatic heterocycles. The van der Waals surface area contributed by atoms with Gasteiger partial charge in [-0.1, -0.05) is 6.07 Å². The van der Waals surface area contributed by atoms with Gasteiger partial charge in [0.05, 0.1) is 31.5 Å². The quantitative estimate of drug-likeness (QED) is 0.363. The van der Waals surface area contributed by atoms with Crippen LogP contribution in [0.5, 0.6) is 5.75 Å². The largest absolute Gasteiger partial charge is 0.496 e. The van der Waals surface area contributed by atoms with Crippen molar-refractivity contribution in [2.75, 3.05) is 43.6 Å². The van der Waals surface area contributed by atoms with E-state index in [0.29, 0.717) is 24.0 Å². The Hall–Kier alpha value is -4.09. The van der Waals surface area contributed by atoms with Crippen LogP contribution >= 0.6 is 0 Å². The molecule has 3 N–H and O–H groups in total. The highest BCUT2D eigenvalue weighted by Crippen LogP contribution is 2.35. The number of anilines is 3. The molecule has 0 amide bonds. The van der Waals surface area contributed by atoms with Crippen LogP contribution in [0.1, 0.15) is 25.3 Å². The highest BCUT2D eigenvalue weighted by molar-refractivity contribution is 5.80. The number of ether oxygens (including phenoxy) is 2. The van der Waals surface area contributed by atoms with Gasteiger partial charge in [0, 0.05) is 67.2 Å². The molecule has 0 bridgehead atoms. The molecular weight excluding hydrogens is 499 g/mol. The van der Waals surface area contributed by atoms with Crippen molar-refractivity contribution >= 4 is 17.3 Å². The average molecular weight is 531 g/mol. The SMILES string of the molecule is COc1cccc(F)c1-c1nccc(Nc2cc(N3CCC[C@H](N)C3)c(-c3cnn([C@H]4CCOC4)c3)cn2)n1. The number of nitrogens with zero attached hydrogens (tertiary/aromatic N) is 6. The van der Waals surface area contributed by atoms with Crippen molar-refractivity contribution in [1.82, 2.24) is 24.7 Å². The molecule has 0 aliphatic carbocycles. The van der Waals surface area contributed by atoms with Crippen LogP contribution in [0.4, 0.5) is 21.7 Å². The van der Waals surface area contributed by atoms with Gasteiger partial charge in [-0.05, 0) is 37.5 Å². The number of nitrogens with one attached hydrogen (secondary N) is 1. The van der Waals surface area contributed by atoms with Crippen molar-refractivity contribution in [1.29, 1.82) is 0 Å². The predicted molar refractivity (Wildman–Crippen MR) is 147 cm³/mol. The molecule has 202 valence electrons. The van der Waals surface area contributed by atoms with Gasteiger partial charge in [0.2, 0.25) is 0 Å². The first kappa shape index (κ1) is 25.2. The molecule has 4 aromatic rings. The number of halogens is 1. The number of piperidine rings is 1. The summed E-state index contributed by atoms with van der Waals surface area (Å²) in [7, 11) is 1.49. The number of benzene rings is 1. The number of nitrogens with two attached hydrogens (primary N) is 1. The van der Waals surface area contributed by atoms with E-state index in [4.69, 9.17) is 20.2 Å². The molecule has 2 fully saturated rings. The summed E-state index contributed by atoms with van der Waals surface area (Å²) in [5.41, 5.74) is 9.55. The Labute approximate surface area is 226 Å². The summed E-state index contributed by atoms with van der Waals surface area (Å²) in [6, 6.07) is 8.71. The van der Waals surface area contributed by atoms with Gasteiger partial charge in [-0.3, -0.25) is 4.68 Å². The standard InChI is InChI=1S/C28H31FN8O2/c1-38-24-6-2-5-22(29)27(24)28-31-9-7-25(35-28)34-26-12-23(36-10-3-4-19(30)16-36)21(14-32-26)18-13-33-37(15-18)20-8-11-39-17-20/h2,5-7,9,12-15,19-20H,3-4,8,10-11,16-17,30H2,1H3,(H,31,32,34,35)/t19-,20-/m0/s1. The molecule has 1 aromatic carbocycles. The summed E-state index contributed by atoms with van der Waals surface area (Å²) >= 11 is 0. The minimum Gasteiger partial charge on any atom is -0.496 e. The van der Waals surface area contributed by atoms with Gasteiger partial charge in [0.1, 0.15) is 23.2 Å². The highest BCUT2D eigenvalue weighted by atomic mass is 19.1. The van der Waals surface area contributed by atoms with Crippen LogP contribution in [0.25, 0.3) is 22.5 Å². The van der Waals surface area contributed by atoms with Crippen LogP contribution in [0.3, 0.4) is 0 Å². The molecule has 39 heavy (non-hydrogen) atoms. The third-order valence-corrected chi connectivity index (χ3v) is 7.20. The maximum absolute atomic E-state index is 14.7. The van der Waals surface area contributed by atoms with Gasteiger partial charge in [-0.2, -0.15) is 5.10 Å². The number of pyridine rings is 1. The molecule has 3 aromatic heterocycles. The Morgan fingerprint density at radius 2 is 2.08 bits per heavy atom. The molecule has 11 heteroatoms. The first-order chi connectivity index (χ1) is 19.1. The van der Waals surface area contributed by atoms with E-state index in [0.717, 1.165) is 55.8 Å². The predicted octanol–water partition coefficient (Wildman–Crippen LogP) is 4.18. The molecule has 0 spiro atoms. The first-order valence-corrected chi connectivity index (χ1v) is 13.1. The Morgan fingerprint density at radius 3 is 2.90 bits per heavy atom. The number of hydrogen-bond acceptors (Lipinski definition) is 9. The van der Waals surface area contributed by atoms with E-state index in [1.807, 2.05) is 23.1 Å². The van der Waals surface area contributed by atoms with E-state index in [2.05, 4.69) is 31.5 Å². The Morgan fingerprint density at radius 1 is 1.15 bits per heavy atom. The van der Waals surface area contributed by atoms with E-state index in [1.165, 1.54) is 13.2 Å². The van der Waals surface area contributed by atoms with E-state index >= 15 is 0 Å². The van der Waals surface area contributed by atoms with E-state index in [9.17, 15) is 4.39 Å². The van der Waals surface area contributed by atoms with Crippen LogP contribution in [0.2, 0.25) is 0 Å². The van der Waals surface area contributed by atoms with Gasteiger partial charge < -0.3 is 25.4 Å². The molecule has 2 saturated heterocycles. The lowest BCUT2D eigenvalue weighted by Gasteiger charge is -2.34. The van der Waals surface area contributed by atoms with Crippen LogP contribution in [0.15, 0.2) is 55.1 Å². The lowest BCUT2D eigenvalue weighted by atomic mass is 10.0. The van der Waals surface area contributed by atoms with E-state index in [1.54, 1.807) is 24.4 Å². The fourth-order valence-corrected chi connectivity index (χ4v) is 5.20. The summed E-state index contributed by atoms with van der Waals surface area (Å²) < 4.78 is 27.5. The topological polar surface area (TPSA) is 116 Å². The molecule has 6 rings (SSSR count). The Balaban J connectivity index is 1.33. The monoisotopic (exact) mass is 530 g/mol. The summed E-state index contributed by atoms with van der Waals surface area (Å²) in [4.78, 5) is 15.8. The average Bonchev–Trinajstić information content (AvgIpc) is 3.66. The van der Waals surface area contributed by atoms with Gasteiger partial charge in [0.15, 0.2) is 5.82 Å². The van der Waals surface area contributed by atoms with Gasteiger partial charge in [-0.15, -0.1) is 0 Å². The molecule has 2 aliphatic rings. The lowest BCUT2D eigenvalue weighted by Crippen LogP contribution is -2.43. The molecule has 0 unspecified atom stereocenters. The molecule has 0 saturated carbocycles. The van der Waals surface area contributed by atoms with Crippen molar-refractivity contribution in [3.63, 3.8) is 0 Å². The molecular formula is C28H31FN8O2. The van der Waals surface area contributed by atoms with Crippen molar-refractivity contribution < 1.29 is 13.9 Å². The zero-order valence-electron chi connectivity index (χ0n) is 21.8. The highest BCUT2D eigenvalue weighted by Gasteiger charge is 2.23. The van der Waals surface area contributed by atoms with E-state index < -0.39 is 5.82 Å². The summed E-state index contributed by atoms with van der Waals surface area (Å²) in [5, 5.41) is 7.89. The summed E-state index contributed by atoms with van der Waals surface area (Å²) in [5.74, 6) is 1.22. The Kier molecular flexibility index (Phi) is 7.08. The fourth-order valence-electron chi connectivity index (χ4n) is 5.20. The number of aromatic nitrogens is 5. The van der Waals surface area contributed by atoms with Gasteiger partial charge in [0.25, 0.3) is 0 Å². The maximum Gasteiger partial charge on any atom is 0.168 e. The number of rotatable bonds is 7. The lowest BCUT2D eigenvalue weighted by molar-refractivity contribution is 0.184. The normalized spacial score (nSPS) is 19.3. The number of methoxy groups -OCH3 is 1. The zero-order chi connectivity index (χ0) is 26.8. The molecule has 0 radical (unpaired) electrons. The van der Waals surface area contributed by atoms with Crippen molar-refractivity contribution in [2.24, 2.45) is 5.73 Å². The van der Waals surface area contributed by atoms with Crippen LogP contribution in [-0.4, -0.2) is 64.2 Å². The van der Waals surface area contributed by atoms with Gasteiger partial charge >= 0.3 is 0 Å². The summed E-state index contributed by atoms with van der Waals surface area (Å²) in [6.07, 6.45) is 10.4. The van der Waals surface area contributed by atoms with Crippen molar-refractivity contribution in [3.8, 4) is 28.3 Å². The minimum atomic E-state index is -0.456. The smallest absolute Gasteiger partial charge is 0.168 e. The van der Waals surface area contributed by atoms with Crippen molar-refractivity contribution in [2.45, 2.75) is 31.3 Å². The second-order valence-electron chi connectivity index (χ2n) is 9.87. The third-order valence-electron chi connectivity index (χ3n) is 7.20. The minimum absolute atomic E-state index is 0.106. The summed E-state index contributed by atoms with van der Waals surface area (Å²) in [6.45, 7) is 3.09. The molecule has 5 heterocycles. The van der Waals surface area contributed by atoms with E-state index in [-0.39, 0.29) is 23.5 Å².